The molecule has 1 N–H and O–H groups in total. The second kappa shape index (κ2) is 11.3. The number of unbranched alkanes of at least 4 members (excludes halogenated alkanes) is 3. The molecule has 26 heavy (non-hydrogen) atoms. The highest BCUT2D eigenvalue weighted by atomic mass is 35.5. The summed E-state index contributed by atoms with van der Waals surface area (Å²) >= 11 is 12.3. The normalized spacial score (nSPS) is 10.8. The van der Waals surface area contributed by atoms with Gasteiger partial charge in [-0.3, -0.25) is 0 Å². The summed E-state index contributed by atoms with van der Waals surface area (Å²) in [6.45, 7) is 4.36. The average Bonchev–Trinajstić information content (AvgIpc) is 2.65. The van der Waals surface area contributed by atoms with Crippen LogP contribution in [0, 0.1) is 0 Å². The van der Waals surface area contributed by atoms with Gasteiger partial charge in [0.25, 0.3) is 0 Å². The number of methoxy groups -OCH3 is 1. The van der Waals surface area contributed by atoms with Gasteiger partial charge in [-0.2, -0.15) is 0 Å². The Morgan fingerprint density at radius 1 is 0.962 bits per heavy atom. The molecule has 0 saturated heterocycles. The van der Waals surface area contributed by atoms with Crippen LogP contribution < -0.4 is 14.8 Å². The Hall–Kier alpha value is -1.42. The SMILES string of the molecule is CCCCCCNCc1cc(OC)c(OCc2ccc(Cl)cc2)cc1Cl. The second-order valence-corrected chi connectivity index (χ2v) is 7.09. The lowest BCUT2D eigenvalue weighted by Crippen LogP contribution is -2.15. The Bertz CT molecular complexity index is 674. The topological polar surface area (TPSA) is 30.5 Å². The van der Waals surface area contributed by atoms with Gasteiger partial charge in [-0.15, -0.1) is 0 Å². The lowest BCUT2D eigenvalue weighted by Gasteiger charge is -2.14. The highest BCUT2D eigenvalue weighted by Crippen LogP contribution is 2.34. The molecule has 3 nitrogen and oxygen atoms in total. The number of nitrogens with one attached hydrogen (secondary N) is 1. The highest BCUT2D eigenvalue weighted by Gasteiger charge is 2.11. The maximum Gasteiger partial charge on any atom is 0.163 e. The van der Waals surface area contributed by atoms with Gasteiger partial charge in [-0.25, -0.2) is 0 Å². The minimum absolute atomic E-state index is 0.429. The second-order valence-electron chi connectivity index (χ2n) is 6.25. The minimum atomic E-state index is 0.429. The van der Waals surface area contributed by atoms with E-state index in [-0.39, 0.29) is 0 Å². The fourth-order valence-corrected chi connectivity index (χ4v) is 2.97. The Balaban J connectivity index is 1.93. The first-order chi connectivity index (χ1) is 12.6. The van der Waals surface area contributed by atoms with E-state index in [1.165, 1.54) is 25.7 Å². The van der Waals surface area contributed by atoms with Gasteiger partial charge in [-0.05, 0) is 42.3 Å². The number of rotatable bonds is 11. The molecule has 0 aliphatic heterocycles. The van der Waals surface area contributed by atoms with E-state index in [1.807, 2.05) is 36.4 Å². The van der Waals surface area contributed by atoms with Gasteiger partial charge in [0.15, 0.2) is 11.5 Å². The lowest BCUT2D eigenvalue weighted by atomic mass is 10.1. The number of hydrogen-bond donors (Lipinski definition) is 1. The van der Waals surface area contributed by atoms with Crippen LogP contribution >= 0.6 is 23.2 Å². The Kier molecular flexibility index (Phi) is 9.10. The summed E-state index contributed by atoms with van der Waals surface area (Å²) in [7, 11) is 1.64. The van der Waals surface area contributed by atoms with Crippen molar-refractivity contribution in [1.29, 1.82) is 0 Å². The highest BCUT2D eigenvalue weighted by molar-refractivity contribution is 6.31. The van der Waals surface area contributed by atoms with E-state index in [2.05, 4.69) is 12.2 Å². The van der Waals surface area contributed by atoms with Crippen molar-refractivity contribution in [2.45, 2.75) is 45.8 Å². The van der Waals surface area contributed by atoms with Crippen LogP contribution in [0.4, 0.5) is 0 Å². The largest absolute Gasteiger partial charge is 0.493 e. The first kappa shape index (κ1) is 20.9. The van der Waals surface area contributed by atoms with E-state index in [0.717, 1.165) is 24.2 Å². The van der Waals surface area contributed by atoms with Crippen molar-refractivity contribution in [3.63, 3.8) is 0 Å². The van der Waals surface area contributed by atoms with E-state index < -0.39 is 0 Å². The number of ether oxygens (including phenoxy) is 2. The lowest BCUT2D eigenvalue weighted by molar-refractivity contribution is 0.284. The molecule has 0 spiro atoms. The molecule has 0 aromatic heterocycles. The molecule has 2 aromatic rings. The third-order valence-corrected chi connectivity index (χ3v) is 4.77. The van der Waals surface area contributed by atoms with Gasteiger partial charge in [0.05, 0.1) is 7.11 Å². The van der Waals surface area contributed by atoms with Gasteiger partial charge in [-0.1, -0.05) is 61.5 Å². The summed E-state index contributed by atoms with van der Waals surface area (Å²) in [4.78, 5) is 0. The van der Waals surface area contributed by atoms with Crippen molar-refractivity contribution in [2.75, 3.05) is 13.7 Å². The Labute approximate surface area is 166 Å². The summed E-state index contributed by atoms with van der Waals surface area (Å²) in [6.07, 6.45) is 4.99. The molecular weight excluding hydrogens is 369 g/mol. The average molecular weight is 396 g/mol. The molecule has 0 radical (unpaired) electrons. The fraction of sp³-hybridized carbons (Fsp3) is 0.429. The van der Waals surface area contributed by atoms with Crippen molar-refractivity contribution in [3.05, 3.63) is 57.6 Å². The Morgan fingerprint density at radius 3 is 2.42 bits per heavy atom. The monoisotopic (exact) mass is 395 g/mol. The molecule has 2 aromatic carbocycles. The van der Waals surface area contributed by atoms with Crippen LogP contribution in [0.5, 0.6) is 11.5 Å². The van der Waals surface area contributed by atoms with E-state index in [1.54, 1.807) is 7.11 Å². The molecular formula is C21H27Cl2NO2. The molecule has 0 amide bonds. The summed E-state index contributed by atoms with van der Waals surface area (Å²) in [5.74, 6) is 1.32. The van der Waals surface area contributed by atoms with Gasteiger partial charge >= 0.3 is 0 Å². The van der Waals surface area contributed by atoms with Crippen LogP contribution in [-0.2, 0) is 13.2 Å². The van der Waals surface area contributed by atoms with Crippen molar-refractivity contribution in [1.82, 2.24) is 5.32 Å². The third-order valence-electron chi connectivity index (χ3n) is 4.16. The predicted molar refractivity (Wildman–Crippen MR) is 110 cm³/mol. The van der Waals surface area contributed by atoms with E-state index in [4.69, 9.17) is 32.7 Å². The molecule has 0 atom stereocenters. The van der Waals surface area contributed by atoms with Crippen molar-refractivity contribution >= 4 is 23.2 Å². The summed E-state index contributed by atoms with van der Waals surface area (Å²) in [6, 6.07) is 11.3. The fourth-order valence-electron chi connectivity index (χ4n) is 2.63. The molecule has 0 fully saturated rings. The summed E-state index contributed by atoms with van der Waals surface area (Å²) in [5.41, 5.74) is 2.04. The third kappa shape index (κ3) is 6.71. The molecule has 0 bridgehead atoms. The maximum absolute atomic E-state index is 6.43. The first-order valence-electron chi connectivity index (χ1n) is 9.08. The van der Waals surface area contributed by atoms with Crippen LogP contribution in [-0.4, -0.2) is 13.7 Å². The van der Waals surface area contributed by atoms with E-state index in [0.29, 0.717) is 28.2 Å². The van der Waals surface area contributed by atoms with Crippen LogP contribution in [0.2, 0.25) is 10.0 Å². The van der Waals surface area contributed by atoms with Gasteiger partial charge in [0, 0.05) is 22.7 Å². The zero-order valence-corrected chi connectivity index (χ0v) is 17.0. The standard InChI is InChI=1S/C21H27Cl2NO2/c1-3-4-5-6-11-24-14-17-12-20(25-2)21(13-19(17)23)26-15-16-7-9-18(22)10-8-16/h7-10,12-13,24H,3-6,11,14-15H2,1-2H3. The molecule has 0 aliphatic rings. The zero-order chi connectivity index (χ0) is 18.8. The molecule has 5 heteroatoms. The molecule has 142 valence electrons. The molecule has 0 unspecified atom stereocenters. The van der Waals surface area contributed by atoms with Gasteiger partial charge in [0.2, 0.25) is 0 Å². The number of hydrogen-bond acceptors (Lipinski definition) is 3. The van der Waals surface area contributed by atoms with Crippen molar-refractivity contribution in [3.8, 4) is 11.5 Å². The van der Waals surface area contributed by atoms with E-state index in [9.17, 15) is 0 Å². The number of benzene rings is 2. The first-order valence-corrected chi connectivity index (χ1v) is 9.84. The number of halogens is 2. The molecule has 0 heterocycles. The summed E-state index contributed by atoms with van der Waals surface area (Å²) < 4.78 is 11.4. The van der Waals surface area contributed by atoms with Crippen LogP contribution in [0.15, 0.2) is 36.4 Å². The zero-order valence-electron chi connectivity index (χ0n) is 15.5. The van der Waals surface area contributed by atoms with Crippen LogP contribution in [0.1, 0.15) is 43.7 Å². The van der Waals surface area contributed by atoms with Crippen molar-refractivity contribution in [2.24, 2.45) is 0 Å². The van der Waals surface area contributed by atoms with Crippen molar-refractivity contribution < 1.29 is 9.47 Å². The van der Waals surface area contributed by atoms with Gasteiger partial charge in [0.1, 0.15) is 6.61 Å². The van der Waals surface area contributed by atoms with Gasteiger partial charge < -0.3 is 14.8 Å². The Morgan fingerprint density at radius 2 is 1.73 bits per heavy atom. The van der Waals surface area contributed by atoms with Crippen LogP contribution in [0.3, 0.4) is 0 Å². The van der Waals surface area contributed by atoms with Crippen LogP contribution in [0.25, 0.3) is 0 Å². The predicted octanol–water partition coefficient (Wildman–Crippen LogP) is 6.25. The smallest absolute Gasteiger partial charge is 0.163 e. The molecule has 0 aliphatic carbocycles. The maximum atomic E-state index is 6.43. The minimum Gasteiger partial charge on any atom is -0.493 e. The van der Waals surface area contributed by atoms with E-state index >= 15 is 0 Å². The summed E-state index contributed by atoms with van der Waals surface area (Å²) in [5, 5.41) is 4.83. The molecule has 0 saturated carbocycles. The quantitative estimate of drug-likeness (QED) is 0.456. The molecule has 2 rings (SSSR count).